The number of rotatable bonds is 8. The molecule has 0 aliphatic rings. The van der Waals surface area contributed by atoms with Crippen molar-refractivity contribution in [3.8, 4) is 5.75 Å². The van der Waals surface area contributed by atoms with E-state index in [4.69, 9.17) is 9.47 Å². The van der Waals surface area contributed by atoms with Crippen molar-refractivity contribution < 1.29 is 19.1 Å². The Morgan fingerprint density at radius 1 is 1.11 bits per heavy atom. The van der Waals surface area contributed by atoms with Gasteiger partial charge < -0.3 is 14.4 Å². The zero-order valence-corrected chi connectivity index (χ0v) is 16.9. The Bertz CT molecular complexity index is 857. The first-order valence-electron chi connectivity index (χ1n) is 9.27. The molecule has 28 heavy (non-hydrogen) atoms. The lowest BCUT2D eigenvalue weighted by atomic mass is 10.1. The Labute approximate surface area is 166 Å². The SMILES string of the molecule is CCOc1ccccc1/C=C/C(=O)OCC(=O)N(C)Cc1ccc(C)cc1C. The van der Waals surface area contributed by atoms with Crippen LogP contribution in [0, 0.1) is 13.8 Å². The highest BCUT2D eigenvalue weighted by Crippen LogP contribution is 2.19. The molecular weight excluding hydrogens is 354 g/mol. The number of nitrogens with zero attached hydrogens (tertiary/aromatic N) is 1. The highest BCUT2D eigenvalue weighted by Gasteiger charge is 2.12. The number of amides is 1. The average molecular weight is 381 g/mol. The molecule has 1 amide bonds. The summed E-state index contributed by atoms with van der Waals surface area (Å²) in [5.41, 5.74) is 4.16. The summed E-state index contributed by atoms with van der Waals surface area (Å²) in [5, 5.41) is 0. The van der Waals surface area contributed by atoms with Crippen molar-refractivity contribution in [3.63, 3.8) is 0 Å². The molecule has 0 saturated carbocycles. The first-order chi connectivity index (χ1) is 13.4. The standard InChI is InChI=1S/C23H27NO4/c1-5-27-21-9-7-6-8-19(21)12-13-23(26)28-16-22(25)24(4)15-20-11-10-17(2)14-18(20)3/h6-14H,5,15-16H2,1-4H3/b13-12+. The van der Waals surface area contributed by atoms with E-state index in [9.17, 15) is 9.59 Å². The van der Waals surface area contributed by atoms with Gasteiger partial charge in [-0.25, -0.2) is 4.79 Å². The molecule has 0 N–H and O–H groups in total. The fraction of sp³-hybridized carbons (Fsp3) is 0.304. The van der Waals surface area contributed by atoms with Crippen molar-refractivity contribution in [3.05, 3.63) is 70.8 Å². The van der Waals surface area contributed by atoms with Crippen LogP contribution in [0.4, 0.5) is 0 Å². The fourth-order valence-electron chi connectivity index (χ4n) is 2.72. The summed E-state index contributed by atoms with van der Waals surface area (Å²) < 4.78 is 10.6. The van der Waals surface area contributed by atoms with Crippen molar-refractivity contribution in [2.24, 2.45) is 0 Å². The molecule has 0 spiro atoms. The summed E-state index contributed by atoms with van der Waals surface area (Å²) in [6.07, 6.45) is 2.92. The topological polar surface area (TPSA) is 55.8 Å². The molecule has 5 heteroatoms. The van der Waals surface area contributed by atoms with E-state index in [1.807, 2.05) is 57.2 Å². The number of hydrogen-bond acceptors (Lipinski definition) is 4. The van der Waals surface area contributed by atoms with Gasteiger partial charge in [-0.2, -0.15) is 0 Å². The molecule has 5 nitrogen and oxygen atoms in total. The van der Waals surface area contributed by atoms with Crippen molar-refractivity contribution >= 4 is 18.0 Å². The maximum Gasteiger partial charge on any atom is 0.331 e. The zero-order chi connectivity index (χ0) is 20.5. The van der Waals surface area contributed by atoms with E-state index in [2.05, 4.69) is 6.07 Å². The lowest BCUT2D eigenvalue weighted by molar-refractivity contribution is -0.147. The average Bonchev–Trinajstić information content (AvgIpc) is 2.67. The summed E-state index contributed by atoms with van der Waals surface area (Å²) in [6, 6.07) is 13.5. The second-order valence-corrected chi connectivity index (χ2v) is 6.59. The van der Waals surface area contributed by atoms with Crippen LogP contribution in [0.5, 0.6) is 5.75 Å². The molecule has 2 aromatic carbocycles. The maximum absolute atomic E-state index is 12.2. The molecule has 148 valence electrons. The molecule has 0 aromatic heterocycles. The maximum atomic E-state index is 12.2. The molecule has 0 heterocycles. The normalized spacial score (nSPS) is 10.7. The van der Waals surface area contributed by atoms with E-state index in [-0.39, 0.29) is 12.5 Å². The van der Waals surface area contributed by atoms with Gasteiger partial charge in [0, 0.05) is 25.2 Å². The van der Waals surface area contributed by atoms with Crippen LogP contribution in [0.15, 0.2) is 48.5 Å². The molecule has 0 aliphatic heterocycles. The number of hydrogen-bond donors (Lipinski definition) is 0. The Morgan fingerprint density at radius 3 is 2.57 bits per heavy atom. The number of likely N-dealkylation sites (N-methyl/N-ethyl adjacent to an activating group) is 1. The summed E-state index contributed by atoms with van der Waals surface area (Å²) in [5.74, 6) is -0.130. The summed E-state index contributed by atoms with van der Waals surface area (Å²) in [6.45, 7) is 6.67. The second-order valence-electron chi connectivity index (χ2n) is 6.59. The number of ether oxygens (including phenoxy) is 2. The van der Waals surface area contributed by atoms with Gasteiger partial charge in [0.25, 0.3) is 5.91 Å². The minimum absolute atomic E-state index is 0.253. The number of benzene rings is 2. The molecule has 2 rings (SSSR count). The van der Waals surface area contributed by atoms with Gasteiger partial charge in [0.05, 0.1) is 6.61 Å². The van der Waals surface area contributed by atoms with E-state index in [1.165, 1.54) is 11.6 Å². The minimum atomic E-state index is -0.570. The number of carbonyl (C=O) groups is 2. The molecule has 0 radical (unpaired) electrons. The summed E-state index contributed by atoms with van der Waals surface area (Å²) in [4.78, 5) is 25.7. The van der Waals surface area contributed by atoms with Gasteiger partial charge in [0.2, 0.25) is 0 Å². The molecular formula is C23H27NO4. The van der Waals surface area contributed by atoms with Gasteiger partial charge in [0.1, 0.15) is 5.75 Å². The van der Waals surface area contributed by atoms with Gasteiger partial charge in [-0.15, -0.1) is 0 Å². The Balaban J connectivity index is 1.87. The van der Waals surface area contributed by atoms with E-state index >= 15 is 0 Å². The number of para-hydroxylation sites is 1. The van der Waals surface area contributed by atoms with Crippen molar-refractivity contribution in [2.75, 3.05) is 20.3 Å². The molecule has 0 aliphatic carbocycles. The van der Waals surface area contributed by atoms with Crippen LogP contribution in [0.2, 0.25) is 0 Å². The van der Waals surface area contributed by atoms with E-state index in [0.717, 1.165) is 16.7 Å². The Morgan fingerprint density at radius 2 is 1.86 bits per heavy atom. The lowest BCUT2D eigenvalue weighted by Crippen LogP contribution is -2.30. The lowest BCUT2D eigenvalue weighted by Gasteiger charge is -2.18. The van der Waals surface area contributed by atoms with Crippen LogP contribution in [-0.2, 0) is 20.9 Å². The second kappa shape index (κ2) is 10.3. The highest BCUT2D eigenvalue weighted by atomic mass is 16.5. The third-order valence-corrected chi connectivity index (χ3v) is 4.29. The van der Waals surface area contributed by atoms with Crippen LogP contribution in [0.25, 0.3) is 6.08 Å². The summed E-state index contributed by atoms with van der Waals surface area (Å²) in [7, 11) is 1.70. The molecule has 0 fully saturated rings. The number of carbonyl (C=O) groups excluding carboxylic acids is 2. The quantitative estimate of drug-likeness (QED) is 0.514. The van der Waals surface area contributed by atoms with Crippen LogP contribution in [0.1, 0.15) is 29.2 Å². The van der Waals surface area contributed by atoms with Gasteiger partial charge in [-0.3, -0.25) is 4.79 Å². The highest BCUT2D eigenvalue weighted by molar-refractivity contribution is 5.89. The van der Waals surface area contributed by atoms with Crippen molar-refractivity contribution in [2.45, 2.75) is 27.3 Å². The smallest absolute Gasteiger partial charge is 0.331 e. The van der Waals surface area contributed by atoms with Crippen LogP contribution < -0.4 is 4.74 Å². The molecule has 2 aromatic rings. The first kappa shape index (κ1) is 21.2. The van der Waals surface area contributed by atoms with Gasteiger partial charge >= 0.3 is 5.97 Å². The van der Waals surface area contributed by atoms with E-state index in [1.54, 1.807) is 18.0 Å². The third-order valence-electron chi connectivity index (χ3n) is 4.29. The molecule has 0 bridgehead atoms. The summed E-state index contributed by atoms with van der Waals surface area (Å²) >= 11 is 0. The van der Waals surface area contributed by atoms with E-state index < -0.39 is 5.97 Å². The molecule has 0 unspecified atom stereocenters. The monoisotopic (exact) mass is 381 g/mol. The number of esters is 1. The van der Waals surface area contributed by atoms with Crippen LogP contribution in [-0.4, -0.2) is 37.0 Å². The van der Waals surface area contributed by atoms with E-state index in [0.29, 0.717) is 18.9 Å². The van der Waals surface area contributed by atoms with Gasteiger partial charge in [-0.1, -0.05) is 42.0 Å². The molecule has 0 saturated heterocycles. The minimum Gasteiger partial charge on any atom is -0.493 e. The largest absolute Gasteiger partial charge is 0.493 e. The van der Waals surface area contributed by atoms with Gasteiger partial charge in [0.15, 0.2) is 6.61 Å². The molecule has 0 atom stereocenters. The zero-order valence-electron chi connectivity index (χ0n) is 16.9. The Hall–Kier alpha value is -3.08. The van der Waals surface area contributed by atoms with Crippen LogP contribution in [0.3, 0.4) is 0 Å². The van der Waals surface area contributed by atoms with Crippen molar-refractivity contribution in [1.29, 1.82) is 0 Å². The first-order valence-corrected chi connectivity index (χ1v) is 9.27. The van der Waals surface area contributed by atoms with Crippen molar-refractivity contribution in [1.82, 2.24) is 4.90 Å². The fourth-order valence-corrected chi connectivity index (χ4v) is 2.72. The van der Waals surface area contributed by atoms with Gasteiger partial charge in [-0.05, 0) is 44.0 Å². The van der Waals surface area contributed by atoms with Crippen LogP contribution >= 0.6 is 0 Å². The predicted molar refractivity (Wildman–Crippen MR) is 110 cm³/mol. The third kappa shape index (κ3) is 6.27. The number of aryl methyl sites for hydroxylation is 2. The predicted octanol–water partition coefficient (Wildman–Crippen LogP) is 3.92. The Kier molecular flexibility index (Phi) is 7.81.